The summed E-state index contributed by atoms with van der Waals surface area (Å²) in [6.07, 6.45) is -2.78. The molecule has 4 nitrogen and oxygen atoms in total. The SMILES string of the molecule is CC(C)(C)OC(=O)N1C(=O)[C@H]2C[C@@H](C(F)F)[C@@H]1C2. The third-order valence-electron chi connectivity index (χ3n) is 3.41. The van der Waals surface area contributed by atoms with Gasteiger partial charge in [0.1, 0.15) is 5.60 Å². The van der Waals surface area contributed by atoms with Crippen molar-refractivity contribution in [1.82, 2.24) is 4.90 Å². The first-order chi connectivity index (χ1) is 8.20. The van der Waals surface area contributed by atoms with Crippen LogP contribution in [0.4, 0.5) is 13.6 Å². The number of amides is 2. The Morgan fingerprint density at radius 2 is 2.00 bits per heavy atom. The molecule has 18 heavy (non-hydrogen) atoms. The zero-order chi connectivity index (χ0) is 13.7. The van der Waals surface area contributed by atoms with E-state index in [0.717, 1.165) is 4.90 Å². The summed E-state index contributed by atoms with van der Waals surface area (Å²) in [5.41, 5.74) is -0.737. The molecule has 6 heteroatoms. The second-order valence-corrected chi connectivity index (χ2v) is 5.92. The Kier molecular flexibility index (Phi) is 3.07. The highest BCUT2D eigenvalue weighted by Crippen LogP contribution is 2.45. The van der Waals surface area contributed by atoms with Crippen molar-refractivity contribution in [1.29, 1.82) is 0 Å². The van der Waals surface area contributed by atoms with E-state index in [1.54, 1.807) is 20.8 Å². The average molecular weight is 261 g/mol. The van der Waals surface area contributed by atoms with Crippen molar-refractivity contribution in [2.45, 2.75) is 51.7 Å². The van der Waals surface area contributed by atoms with Crippen LogP contribution in [0.2, 0.25) is 0 Å². The largest absolute Gasteiger partial charge is 0.443 e. The molecule has 0 N–H and O–H groups in total. The highest BCUT2D eigenvalue weighted by molar-refractivity contribution is 5.96. The number of piperidine rings is 1. The number of fused-ring (bicyclic) bond motifs is 2. The van der Waals surface area contributed by atoms with Crippen LogP contribution < -0.4 is 0 Å². The lowest BCUT2D eigenvalue weighted by molar-refractivity contribution is -0.136. The Bertz CT molecular complexity index is 378. The van der Waals surface area contributed by atoms with E-state index in [4.69, 9.17) is 4.74 Å². The van der Waals surface area contributed by atoms with Crippen LogP contribution in [0, 0.1) is 11.8 Å². The second kappa shape index (κ2) is 4.17. The van der Waals surface area contributed by atoms with E-state index in [0.29, 0.717) is 6.42 Å². The van der Waals surface area contributed by atoms with E-state index < -0.39 is 36.0 Å². The molecule has 0 spiro atoms. The quantitative estimate of drug-likeness (QED) is 0.728. The van der Waals surface area contributed by atoms with Crippen LogP contribution in [0.25, 0.3) is 0 Å². The fraction of sp³-hybridized carbons (Fsp3) is 0.833. The number of imide groups is 1. The van der Waals surface area contributed by atoms with Gasteiger partial charge in [-0.1, -0.05) is 0 Å². The molecule has 1 heterocycles. The van der Waals surface area contributed by atoms with E-state index in [1.165, 1.54) is 0 Å². The smallest absolute Gasteiger partial charge is 0.417 e. The Morgan fingerprint density at radius 3 is 2.44 bits per heavy atom. The van der Waals surface area contributed by atoms with Gasteiger partial charge in [0.2, 0.25) is 12.3 Å². The van der Waals surface area contributed by atoms with Gasteiger partial charge in [0, 0.05) is 11.8 Å². The van der Waals surface area contributed by atoms with Gasteiger partial charge in [0.15, 0.2) is 0 Å². The molecule has 0 aromatic heterocycles. The number of rotatable bonds is 1. The predicted octanol–water partition coefficient (Wildman–Crippen LogP) is 2.42. The third-order valence-corrected chi connectivity index (χ3v) is 3.41. The van der Waals surface area contributed by atoms with Crippen molar-refractivity contribution < 1.29 is 23.1 Å². The number of nitrogens with zero attached hydrogens (tertiary/aromatic N) is 1. The van der Waals surface area contributed by atoms with E-state index in [-0.39, 0.29) is 12.3 Å². The summed E-state index contributed by atoms with van der Waals surface area (Å²) < 4.78 is 30.7. The van der Waals surface area contributed by atoms with Crippen LogP contribution in [0.3, 0.4) is 0 Å². The molecule has 0 aromatic rings. The molecule has 0 aromatic carbocycles. The lowest BCUT2D eigenvalue weighted by Gasteiger charge is -2.32. The minimum atomic E-state index is -2.50. The van der Waals surface area contributed by atoms with Crippen molar-refractivity contribution in [2.24, 2.45) is 11.8 Å². The van der Waals surface area contributed by atoms with Gasteiger partial charge in [-0.05, 0) is 33.6 Å². The molecule has 2 bridgehead atoms. The highest BCUT2D eigenvalue weighted by atomic mass is 19.3. The summed E-state index contributed by atoms with van der Waals surface area (Å²) in [4.78, 5) is 24.6. The van der Waals surface area contributed by atoms with Crippen molar-refractivity contribution in [2.75, 3.05) is 0 Å². The molecule has 2 fully saturated rings. The van der Waals surface area contributed by atoms with Gasteiger partial charge < -0.3 is 4.74 Å². The van der Waals surface area contributed by atoms with Crippen LogP contribution in [0.15, 0.2) is 0 Å². The summed E-state index contributed by atoms with van der Waals surface area (Å²) in [5, 5.41) is 0. The minimum absolute atomic E-state index is 0.181. The highest BCUT2D eigenvalue weighted by Gasteiger charge is 2.56. The molecule has 1 aliphatic heterocycles. The monoisotopic (exact) mass is 261 g/mol. The van der Waals surface area contributed by atoms with Gasteiger partial charge in [0.05, 0.1) is 6.04 Å². The zero-order valence-electron chi connectivity index (χ0n) is 10.7. The van der Waals surface area contributed by atoms with Crippen molar-refractivity contribution in [3.63, 3.8) is 0 Å². The van der Waals surface area contributed by atoms with Gasteiger partial charge in [-0.15, -0.1) is 0 Å². The molecule has 1 saturated carbocycles. The van der Waals surface area contributed by atoms with Gasteiger partial charge in [-0.3, -0.25) is 4.79 Å². The molecule has 1 saturated heterocycles. The molecule has 102 valence electrons. The fourth-order valence-electron chi connectivity index (χ4n) is 2.71. The maximum absolute atomic E-state index is 12.8. The molecule has 3 atom stereocenters. The maximum atomic E-state index is 12.8. The summed E-state index contributed by atoms with van der Waals surface area (Å²) >= 11 is 0. The lowest BCUT2D eigenvalue weighted by atomic mass is 9.98. The van der Waals surface area contributed by atoms with E-state index in [1.807, 2.05) is 0 Å². The first-order valence-electron chi connectivity index (χ1n) is 6.05. The normalized spacial score (nSPS) is 31.3. The molecule has 0 radical (unpaired) electrons. The number of hydrogen-bond acceptors (Lipinski definition) is 3. The first-order valence-corrected chi connectivity index (χ1v) is 6.05. The lowest BCUT2D eigenvalue weighted by Crippen LogP contribution is -2.49. The fourth-order valence-corrected chi connectivity index (χ4v) is 2.71. The standard InChI is InChI=1S/C12H17F2NO3/c1-12(2,3)18-11(17)15-8-5-6(10(15)16)4-7(8)9(13)14/h6-9H,4-5H2,1-3H3/t6-,7+,8-/m0/s1. The summed E-state index contributed by atoms with van der Waals surface area (Å²) in [5.74, 6) is -1.71. The Hall–Kier alpha value is -1.20. The number of carbonyl (C=O) groups excluding carboxylic acids is 2. The number of likely N-dealkylation sites (tertiary alicyclic amines) is 1. The molecule has 2 aliphatic rings. The Morgan fingerprint density at radius 1 is 1.39 bits per heavy atom. The zero-order valence-corrected chi connectivity index (χ0v) is 10.7. The maximum Gasteiger partial charge on any atom is 0.417 e. The first kappa shape index (κ1) is 13.2. The van der Waals surface area contributed by atoms with Crippen LogP contribution in [-0.4, -0.2) is 35.0 Å². The summed E-state index contributed by atoms with van der Waals surface area (Å²) in [7, 11) is 0. The summed E-state index contributed by atoms with van der Waals surface area (Å²) in [6.45, 7) is 5.02. The van der Waals surface area contributed by atoms with E-state index in [2.05, 4.69) is 0 Å². The van der Waals surface area contributed by atoms with Crippen LogP contribution in [-0.2, 0) is 9.53 Å². The molecule has 0 unspecified atom stereocenters. The number of ether oxygens (including phenoxy) is 1. The van der Waals surface area contributed by atoms with Gasteiger partial charge in [-0.2, -0.15) is 0 Å². The van der Waals surface area contributed by atoms with E-state index >= 15 is 0 Å². The van der Waals surface area contributed by atoms with E-state index in [9.17, 15) is 18.4 Å². The number of halogens is 2. The minimum Gasteiger partial charge on any atom is -0.443 e. The Labute approximate surface area is 104 Å². The predicted molar refractivity (Wildman–Crippen MR) is 59.1 cm³/mol. The molecule has 2 amide bonds. The number of carbonyl (C=O) groups is 2. The molecule has 1 aliphatic carbocycles. The van der Waals surface area contributed by atoms with Crippen molar-refractivity contribution >= 4 is 12.0 Å². The van der Waals surface area contributed by atoms with Gasteiger partial charge >= 0.3 is 6.09 Å². The number of hydrogen-bond donors (Lipinski definition) is 0. The van der Waals surface area contributed by atoms with Crippen molar-refractivity contribution in [3.05, 3.63) is 0 Å². The summed E-state index contributed by atoms with van der Waals surface area (Å²) in [6, 6.07) is -0.697. The van der Waals surface area contributed by atoms with Crippen LogP contribution in [0.1, 0.15) is 33.6 Å². The number of alkyl halides is 2. The van der Waals surface area contributed by atoms with Crippen LogP contribution in [0.5, 0.6) is 0 Å². The third kappa shape index (κ3) is 2.20. The van der Waals surface area contributed by atoms with Crippen molar-refractivity contribution in [3.8, 4) is 0 Å². The van der Waals surface area contributed by atoms with Gasteiger partial charge in [-0.25, -0.2) is 18.5 Å². The molecular formula is C12H17F2NO3. The van der Waals surface area contributed by atoms with Gasteiger partial charge in [0.25, 0.3) is 0 Å². The second-order valence-electron chi connectivity index (χ2n) is 5.92. The molecular weight excluding hydrogens is 244 g/mol. The average Bonchev–Trinajstić information content (AvgIpc) is 2.71. The van der Waals surface area contributed by atoms with Crippen LogP contribution >= 0.6 is 0 Å². The topological polar surface area (TPSA) is 46.6 Å². The molecule has 2 rings (SSSR count). The Balaban J connectivity index is 2.13.